The normalized spacial score (nSPS) is 14.4. The summed E-state index contributed by atoms with van der Waals surface area (Å²) in [7, 11) is 1.72. The number of halogens is 1. The lowest BCUT2D eigenvalue weighted by molar-refractivity contribution is -0.130. The highest BCUT2D eigenvalue weighted by Crippen LogP contribution is 2.16. The summed E-state index contributed by atoms with van der Waals surface area (Å²) in [6, 6.07) is 12.5. The van der Waals surface area contributed by atoms with Crippen molar-refractivity contribution in [1.82, 2.24) is 15.5 Å². The maximum atomic E-state index is 12.5. The molecule has 2 N–H and O–H groups in total. The van der Waals surface area contributed by atoms with Gasteiger partial charge in [-0.05, 0) is 36.1 Å². The maximum Gasteiger partial charge on any atom is 0.242 e. The molecule has 28 heavy (non-hydrogen) atoms. The van der Waals surface area contributed by atoms with Gasteiger partial charge in [-0.25, -0.2) is 0 Å². The van der Waals surface area contributed by atoms with E-state index in [1.54, 1.807) is 18.4 Å². The van der Waals surface area contributed by atoms with Crippen molar-refractivity contribution < 1.29 is 4.79 Å². The Balaban J connectivity index is 0.00000280. The van der Waals surface area contributed by atoms with Gasteiger partial charge in [0.25, 0.3) is 0 Å². The van der Waals surface area contributed by atoms with Crippen LogP contribution in [0.15, 0.2) is 46.8 Å². The molecular formula is C20H28IN5OS. The number of nitrogens with zero attached hydrogens (tertiary/aromatic N) is 3. The van der Waals surface area contributed by atoms with E-state index in [1.165, 1.54) is 16.1 Å². The maximum absolute atomic E-state index is 12.5. The van der Waals surface area contributed by atoms with Crippen LogP contribution < -0.4 is 15.5 Å². The van der Waals surface area contributed by atoms with Crippen molar-refractivity contribution in [1.29, 1.82) is 0 Å². The van der Waals surface area contributed by atoms with Crippen LogP contribution in [0.5, 0.6) is 0 Å². The highest BCUT2D eigenvalue weighted by molar-refractivity contribution is 14.0. The van der Waals surface area contributed by atoms with E-state index >= 15 is 0 Å². The smallest absolute Gasteiger partial charge is 0.242 e. The van der Waals surface area contributed by atoms with E-state index in [4.69, 9.17) is 0 Å². The summed E-state index contributed by atoms with van der Waals surface area (Å²) < 4.78 is 0. The first-order valence-electron chi connectivity index (χ1n) is 9.22. The lowest BCUT2D eigenvalue weighted by Gasteiger charge is -2.36. The second-order valence-corrected chi connectivity index (χ2v) is 7.51. The van der Waals surface area contributed by atoms with Gasteiger partial charge in [0.15, 0.2) is 5.96 Å². The van der Waals surface area contributed by atoms with Crippen molar-refractivity contribution in [2.24, 2.45) is 4.99 Å². The second-order valence-electron chi connectivity index (χ2n) is 6.51. The molecule has 0 aliphatic carbocycles. The van der Waals surface area contributed by atoms with Gasteiger partial charge < -0.3 is 20.4 Å². The standard InChI is InChI=1S/C20H27N5OS.HI/c1-16-8-13-27-18(16)14-22-20(21-2)23-15-19(26)25-11-9-24(10-12-25)17-6-4-3-5-7-17;/h3-8,13H,9-12,14-15H2,1-2H3,(H2,21,22,23);1H. The van der Waals surface area contributed by atoms with Gasteiger partial charge in [-0.15, -0.1) is 35.3 Å². The molecule has 6 nitrogen and oxygen atoms in total. The van der Waals surface area contributed by atoms with Gasteiger partial charge in [0.05, 0.1) is 13.1 Å². The molecule has 2 heterocycles. The van der Waals surface area contributed by atoms with Crippen molar-refractivity contribution in [3.63, 3.8) is 0 Å². The minimum atomic E-state index is 0. The van der Waals surface area contributed by atoms with Crippen molar-refractivity contribution in [3.05, 3.63) is 52.2 Å². The number of thiophene rings is 1. The summed E-state index contributed by atoms with van der Waals surface area (Å²) in [5, 5.41) is 8.48. The lowest BCUT2D eigenvalue weighted by atomic mass is 10.2. The minimum absolute atomic E-state index is 0. The Hall–Kier alpha value is -1.81. The van der Waals surface area contributed by atoms with Crippen LogP contribution in [0.3, 0.4) is 0 Å². The summed E-state index contributed by atoms with van der Waals surface area (Å²) in [5.41, 5.74) is 2.49. The van der Waals surface area contributed by atoms with E-state index in [-0.39, 0.29) is 36.4 Å². The Bertz CT molecular complexity index is 772. The third kappa shape index (κ3) is 6.10. The summed E-state index contributed by atoms with van der Waals surface area (Å²) in [6.07, 6.45) is 0. The van der Waals surface area contributed by atoms with Crippen molar-refractivity contribution in [2.45, 2.75) is 13.5 Å². The summed E-state index contributed by atoms with van der Waals surface area (Å²) >= 11 is 1.72. The van der Waals surface area contributed by atoms with Crippen LogP contribution in [-0.2, 0) is 11.3 Å². The highest BCUT2D eigenvalue weighted by atomic mass is 127. The van der Waals surface area contributed by atoms with Gasteiger partial charge in [-0.2, -0.15) is 0 Å². The van der Waals surface area contributed by atoms with Crippen molar-refractivity contribution >= 4 is 52.9 Å². The van der Waals surface area contributed by atoms with Crippen LogP contribution >= 0.6 is 35.3 Å². The molecule has 0 unspecified atom stereocenters. The number of anilines is 1. The number of carbonyl (C=O) groups excluding carboxylic acids is 1. The molecular weight excluding hydrogens is 485 g/mol. The number of rotatable bonds is 5. The van der Waals surface area contributed by atoms with E-state index < -0.39 is 0 Å². The number of piperazine rings is 1. The Morgan fingerprint density at radius 3 is 2.43 bits per heavy atom. The molecule has 0 spiro atoms. The van der Waals surface area contributed by atoms with Crippen LogP contribution in [0.4, 0.5) is 5.69 Å². The third-order valence-electron chi connectivity index (χ3n) is 4.77. The fraction of sp³-hybridized carbons (Fsp3) is 0.400. The summed E-state index contributed by atoms with van der Waals surface area (Å²) in [6.45, 7) is 6.29. The van der Waals surface area contributed by atoms with Crippen LogP contribution in [0.1, 0.15) is 10.4 Å². The quantitative estimate of drug-likeness (QED) is 0.367. The van der Waals surface area contributed by atoms with E-state index in [9.17, 15) is 4.79 Å². The number of aliphatic imine (C=N–C) groups is 1. The number of para-hydroxylation sites is 1. The molecule has 1 aromatic heterocycles. The second kappa shape index (κ2) is 11.3. The number of amides is 1. The van der Waals surface area contributed by atoms with Gasteiger partial charge >= 0.3 is 0 Å². The Labute approximate surface area is 188 Å². The van der Waals surface area contributed by atoms with Crippen LogP contribution in [0.2, 0.25) is 0 Å². The first kappa shape index (κ1) is 22.5. The van der Waals surface area contributed by atoms with Crippen molar-refractivity contribution in [2.75, 3.05) is 44.7 Å². The molecule has 1 aliphatic rings. The van der Waals surface area contributed by atoms with E-state index in [2.05, 4.69) is 51.0 Å². The molecule has 0 radical (unpaired) electrons. The molecule has 1 aromatic carbocycles. The van der Waals surface area contributed by atoms with Gasteiger partial charge in [0, 0.05) is 43.8 Å². The topological polar surface area (TPSA) is 60.0 Å². The van der Waals surface area contributed by atoms with E-state index in [0.29, 0.717) is 12.5 Å². The zero-order valence-electron chi connectivity index (χ0n) is 16.4. The number of carbonyl (C=O) groups is 1. The molecule has 1 fully saturated rings. The molecule has 3 rings (SSSR count). The average molecular weight is 513 g/mol. The van der Waals surface area contributed by atoms with Gasteiger partial charge in [0.2, 0.25) is 5.91 Å². The first-order chi connectivity index (χ1) is 13.2. The molecule has 0 bridgehead atoms. The fourth-order valence-corrected chi connectivity index (χ4v) is 3.94. The van der Waals surface area contributed by atoms with Gasteiger partial charge in [0.1, 0.15) is 0 Å². The minimum Gasteiger partial charge on any atom is -0.368 e. The average Bonchev–Trinajstić information content (AvgIpc) is 3.13. The predicted molar refractivity (Wildman–Crippen MR) is 128 cm³/mol. The molecule has 1 aliphatic heterocycles. The zero-order valence-corrected chi connectivity index (χ0v) is 19.5. The van der Waals surface area contributed by atoms with Crippen LogP contribution in [0.25, 0.3) is 0 Å². The third-order valence-corrected chi connectivity index (χ3v) is 5.79. The fourth-order valence-electron chi connectivity index (χ4n) is 3.09. The zero-order chi connectivity index (χ0) is 19.1. The largest absolute Gasteiger partial charge is 0.368 e. The predicted octanol–water partition coefficient (Wildman–Crippen LogP) is 2.69. The molecule has 2 aromatic rings. The Kier molecular flexibility index (Phi) is 9.04. The van der Waals surface area contributed by atoms with Crippen LogP contribution in [0, 0.1) is 6.92 Å². The van der Waals surface area contributed by atoms with E-state index in [0.717, 1.165) is 26.2 Å². The highest BCUT2D eigenvalue weighted by Gasteiger charge is 2.21. The number of guanidine groups is 1. The van der Waals surface area contributed by atoms with E-state index in [1.807, 2.05) is 23.1 Å². The van der Waals surface area contributed by atoms with Gasteiger partial charge in [-0.1, -0.05) is 18.2 Å². The number of benzene rings is 1. The van der Waals surface area contributed by atoms with Gasteiger partial charge in [-0.3, -0.25) is 9.79 Å². The SMILES string of the molecule is CN=C(NCC(=O)N1CCN(c2ccccc2)CC1)NCc1sccc1C.I. The molecule has 1 amide bonds. The number of hydrogen-bond donors (Lipinski definition) is 2. The summed E-state index contributed by atoms with van der Waals surface area (Å²) in [5.74, 6) is 0.761. The Morgan fingerprint density at radius 2 is 1.82 bits per heavy atom. The summed E-state index contributed by atoms with van der Waals surface area (Å²) in [4.78, 5) is 22.2. The lowest BCUT2D eigenvalue weighted by Crippen LogP contribution is -2.52. The molecule has 8 heteroatoms. The Morgan fingerprint density at radius 1 is 1.11 bits per heavy atom. The molecule has 152 valence electrons. The number of nitrogens with one attached hydrogen (secondary N) is 2. The molecule has 1 saturated heterocycles. The monoisotopic (exact) mass is 513 g/mol. The molecule has 0 atom stereocenters. The van der Waals surface area contributed by atoms with Crippen LogP contribution in [-0.4, -0.2) is 56.5 Å². The number of aryl methyl sites for hydroxylation is 1. The molecule has 0 saturated carbocycles. The van der Waals surface area contributed by atoms with Crippen molar-refractivity contribution in [3.8, 4) is 0 Å². The number of hydrogen-bond acceptors (Lipinski definition) is 4. The first-order valence-corrected chi connectivity index (χ1v) is 10.1.